The molecule has 0 aliphatic rings. The maximum Gasteiger partial charge on any atom is 0.345 e. The quantitative estimate of drug-likeness (QED) is 0.233. The van der Waals surface area contributed by atoms with Crippen molar-refractivity contribution in [2.75, 3.05) is 28.3 Å². The standard InChI is InChI=1S/C11H17NO4/c1-8(12(2)3)6-7-9(10(13)15-4)11(14)16-5/h6-7H,1-5H3/b8-6+. The van der Waals surface area contributed by atoms with Gasteiger partial charge in [0.2, 0.25) is 0 Å². The lowest BCUT2D eigenvalue weighted by Gasteiger charge is -2.11. The van der Waals surface area contributed by atoms with Crippen molar-refractivity contribution in [1.82, 2.24) is 4.90 Å². The fourth-order valence-electron chi connectivity index (χ4n) is 0.792. The average molecular weight is 227 g/mol. The van der Waals surface area contributed by atoms with Crippen molar-refractivity contribution in [1.29, 1.82) is 0 Å². The molecule has 0 bridgehead atoms. The van der Waals surface area contributed by atoms with E-state index in [1.165, 1.54) is 20.3 Å². The van der Waals surface area contributed by atoms with Crippen LogP contribution in [0.15, 0.2) is 23.4 Å². The zero-order valence-electron chi connectivity index (χ0n) is 10.2. The smallest absolute Gasteiger partial charge is 0.345 e. The molecule has 0 unspecified atom stereocenters. The largest absolute Gasteiger partial charge is 0.465 e. The molecule has 0 aromatic carbocycles. The van der Waals surface area contributed by atoms with Crippen LogP contribution in [0.3, 0.4) is 0 Å². The summed E-state index contributed by atoms with van der Waals surface area (Å²) in [5.41, 5.74) is 0.761. The summed E-state index contributed by atoms with van der Waals surface area (Å²) in [6, 6.07) is 0. The van der Waals surface area contributed by atoms with Gasteiger partial charge in [0.25, 0.3) is 0 Å². The summed E-state index contributed by atoms with van der Waals surface area (Å²) in [6.07, 6.45) is 3.02. The molecule has 0 aromatic heterocycles. The van der Waals surface area contributed by atoms with Crippen LogP contribution in [0.5, 0.6) is 0 Å². The first kappa shape index (κ1) is 14.2. The second kappa shape index (κ2) is 6.66. The van der Waals surface area contributed by atoms with Crippen molar-refractivity contribution in [2.45, 2.75) is 6.92 Å². The molecular weight excluding hydrogens is 210 g/mol. The molecule has 16 heavy (non-hydrogen) atoms. The van der Waals surface area contributed by atoms with Gasteiger partial charge in [-0.25, -0.2) is 9.59 Å². The van der Waals surface area contributed by atoms with Crippen LogP contribution in [-0.2, 0) is 19.1 Å². The summed E-state index contributed by atoms with van der Waals surface area (Å²) in [5, 5.41) is 0. The van der Waals surface area contributed by atoms with Crippen molar-refractivity contribution < 1.29 is 19.1 Å². The number of ether oxygens (including phenoxy) is 2. The Labute approximate surface area is 95.3 Å². The van der Waals surface area contributed by atoms with Crippen molar-refractivity contribution in [3.8, 4) is 0 Å². The van der Waals surface area contributed by atoms with Crippen LogP contribution in [0.2, 0.25) is 0 Å². The number of hydrogen-bond acceptors (Lipinski definition) is 5. The molecule has 90 valence electrons. The third-order valence-electron chi connectivity index (χ3n) is 2.01. The van der Waals surface area contributed by atoms with E-state index < -0.39 is 11.9 Å². The van der Waals surface area contributed by atoms with E-state index in [1.54, 1.807) is 6.08 Å². The number of hydrogen-bond donors (Lipinski definition) is 0. The number of rotatable bonds is 4. The molecular formula is C11H17NO4. The Bertz CT molecular complexity index is 311. The Morgan fingerprint density at radius 1 is 1.00 bits per heavy atom. The maximum atomic E-state index is 11.3. The highest BCUT2D eigenvalue weighted by Gasteiger charge is 2.18. The number of methoxy groups -OCH3 is 2. The number of esters is 2. The van der Waals surface area contributed by atoms with Gasteiger partial charge in [-0.3, -0.25) is 0 Å². The summed E-state index contributed by atoms with van der Waals surface area (Å²) in [6.45, 7) is 1.85. The second-order valence-corrected chi connectivity index (χ2v) is 3.27. The van der Waals surface area contributed by atoms with Crippen LogP contribution >= 0.6 is 0 Å². The van der Waals surface area contributed by atoms with Gasteiger partial charge in [-0.2, -0.15) is 0 Å². The molecule has 0 aromatic rings. The minimum Gasteiger partial charge on any atom is -0.465 e. The number of carbonyl (C=O) groups excluding carboxylic acids is 2. The van der Waals surface area contributed by atoms with Gasteiger partial charge < -0.3 is 14.4 Å². The van der Waals surface area contributed by atoms with E-state index in [0.29, 0.717) is 0 Å². The van der Waals surface area contributed by atoms with Gasteiger partial charge in [0.15, 0.2) is 0 Å². The Hall–Kier alpha value is -1.78. The Balaban J connectivity index is 5.05. The number of nitrogens with zero attached hydrogens (tertiary/aromatic N) is 1. The second-order valence-electron chi connectivity index (χ2n) is 3.27. The SMILES string of the molecule is COC(=O)C(=C/C=C(\C)N(C)C)C(=O)OC. The summed E-state index contributed by atoms with van der Waals surface area (Å²) >= 11 is 0. The van der Waals surface area contributed by atoms with Gasteiger partial charge in [-0.1, -0.05) is 0 Å². The van der Waals surface area contributed by atoms with E-state index in [-0.39, 0.29) is 5.57 Å². The lowest BCUT2D eigenvalue weighted by Crippen LogP contribution is -2.16. The molecule has 0 saturated heterocycles. The molecule has 0 fully saturated rings. The van der Waals surface area contributed by atoms with Crippen molar-refractivity contribution in [2.24, 2.45) is 0 Å². The molecule has 5 nitrogen and oxygen atoms in total. The van der Waals surface area contributed by atoms with Gasteiger partial charge in [0.05, 0.1) is 14.2 Å². The maximum absolute atomic E-state index is 11.3. The van der Waals surface area contributed by atoms with Crippen LogP contribution < -0.4 is 0 Å². The highest BCUT2D eigenvalue weighted by atomic mass is 16.5. The first-order chi connectivity index (χ1) is 7.43. The predicted molar refractivity (Wildman–Crippen MR) is 59.6 cm³/mol. The minimum absolute atomic E-state index is 0.133. The zero-order valence-corrected chi connectivity index (χ0v) is 10.2. The molecule has 0 saturated carbocycles. The van der Waals surface area contributed by atoms with Crippen LogP contribution in [-0.4, -0.2) is 45.2 Å². The fourth-order valence-corrected chi connectivity index (χ4v) is 0.792. The van der Waals surface area contributed by atoms with Gasteiger partial charge in [0, 0.05) is 19.8 Å². The predicted octanol–water partition coefficient (Wildman–Crippen LogP) is 0.724. The van der Waals surface area contributed by atoms with E-state index in [1.807, 2.05) is 25.9 Å². The minimum atomic E-state index is -0.713. The van der Waals surface area contributed by atoms with Gasteiger partial charge in [0.1, 0.15) is 5.57 Å². The highest BCUT2D eigenvalue weighted by Crippen LogP contribution is 2.04. The molecule has 0 heterocycles. The van der Waals surface area contributed by atoms with Crippen molar-refractivity contribution in [3.63, 3.8) is 0 Å². The third kappa shape index (κ3) is 4.16. The number of allylic oxidation sites excluding steroid dienone is 3. The summed E-state index contributed by atoms with van der Waals surface area (Å²) < 4.78 is 8.95. The Morgan fingerprint density at radius 3 is 1.75 bits per heavy atom. The molecule has 0 aliphatic carbocycles. The van der Waals surface area contributed by atoms with Crippen molar-refractivity contribution in [3.05, 3.63) is 23.4 Å². The van der Waals surface area contributed by atoms with Crippen LogP contribution in [0.25, 0.3) is 0 Å². The average Bonchev–Trinajstić information content (AvgIpc) is 2.27. The highest BCUT2D eigenvalue weighted by molar-refractivity contribution is 6.14. The van der Waals surface area contributed by atoms with Crippen LogP contribution in [0.4, 0.5) is 0 Å². The van der Waals surface area contributed by atoms with E-state index >= 15 is 0 Å². The lowest BCUT2D eigenvalue weighted by molar-refractivity contribution is -0.144. The summed E-state index contributed by atoms with van der Waals surface area (Å²) in [5.74, 6) is -1.43. The number of carbonyl (C=O) groups is 2. The van der Waals surface area contributed by atoms with E-state index in [4.69, 9.17) is 0 Å². The van der Waals surface area contributed by atoms with Gasteiger partial charge >= 0.3 is 11.9 Å². The van der Waals surface area contributed by atoms with E-state index in [2.05, 4.69) is 9.47 Å². The summed E-state index contributed by atoms with van der Waals surface area (Å²) in [7, 11) is 6.13. The van der Waals surface area contributed by atoms with Crippen LogP contribution in [0.1, 0.15) is 6.92 Å². The van der Waals surface area contributed by atoms with Crippen molar-refractivity contribution >= 4 is 11.9 Å². The molecule has 5 heteroatoms. The zero-order chi connectivity index (χ0) is 12.7. The Morgan fingerprint density at radius 2 is 1.44 bits per heavy atom. The lowest BCUT2D eigenvalue weighted by atomic mass is 10.2. The molecule has 0 N–H and O–H groups in total. The topological polar surface area (TPSA) is 55.8 Å². The molecule has 0 spiro atoms. The molecule has 0 amide bonds. The van der Waals surface area contributed by atoms with E-state index in [0.717, 1.165) is 5.70 Å². The van der Waals surface area contributed by atoms with E-state index in [9.17, 15) is 9.59 Å². The Kier molecular flexibility index (Phi) is 5.92. The molecule has 0 rings (SSSR count). The monoisotopic (exact) mass is 227 g/mol. The first-order valence-corrected chi connectivity index (χ1v) is 4.66. The van der Waals surface area contributed by atoms with Crippen LogP contribution in [0, 0.1) is 0 Å². The van der Waals surface area contributed by atoms with Gasteiger partial charge in [-0.15, -0.1) is 0 Å². The third-order valence-corrected chi connectivity index (χ3v) is 2.01. The normalized spacial score (nSPS) is 10.4. The van der Waals surface area contributed by atoms with Gasteiger partial charge in [-0.05, 0) is 19.1 Å². The molecule has 0 aliphatic heterocycles. The molecule has 0 radical (unpaired) electrons. The molecule has 0 atom stereocenters. The fraction of sp³-hybridized carbons (Fsp3) is 0.455. The summed E-state index contributed by atoms with van der Waals surface area (Å²) in [4.78, 5) is 24.4. The first-order valence-electron chi connectivity index (χ1n) is 4.66.